The van der Waals surface area contributed by atoms with E-state index in [9.17, 15) is 9.59 Å². The molecule has 1 fully saturated rings. The van der Waals surface area contributed by atoms with Crippen molar-refractivity contribution in [3.8, 4) is 0 Å². The first kappa shape index (κ1) is 13.8. The third-order valence-electron chi connectivity index (χ3n) is 2.78. The lowest BCUT2D eigenvalue weighted by molar-refractivity contribution is -0.139. The highest BCUT2D eigenvalue weighted by Crippen LogP contribution is 2.32. The molecule has 98 valence electrons. The number of carbonyl (C=O) groups is 2. The standard InChI is InChI=1S/C11H20N2O4/c1-7(5-6-17-2)12-11(16)13-9(10(14)15)8-3-4-8/h7-9H,3-6H2,1-2H3,(H,14,15)(H2,12,13,16). The van der Waals surface area contributed by atoms with Crippen LogP contribution in [0.2, 0.25) is 0 Å². The van der Waals surface area contributed by atoms with Crippen LogP contribution in [0.15, 0.2) is 0 Å². The predicted octanol–water partition coefficient (Wildman–Crippen LogP) is 0.574. The first-order valence-corrected chi connectivity index (χ1v) is 5.83. The Hall–Kier alpha value is -1.30. The fraction of sp³-hybridized carbons (Fsp3) is 0.818. The molecule has 3 N–H and O–H groups in total. The van der Waals surface area contributed by atoms with Crippen LogP contribution >= 0.6 is 0 Å². The fourth-order valence-electron chi connectivity index (χ4n) is 1.58. The molecule has 0 aromatic heterocycles. The second kappa shape index (κ2) is 6.44. The van der Waals surface area contributed by atoms with E-state index in [1.165, 1.54) is 0 Å². The molecule has 0 saturated heterocycles. The zero-order valence-corrected chi connectivity index (χ0v) is 10.2. The van der Waals surface area contributed by atoms with E-state index in [0.717, 1.165) is 12.8 Å². The van der Waals surface area contributed by atoms with Gasteiger partial charge >= 0.3 is 12.0 Å². The van der Waals surface area contributed by atoms with Crippen LogP contribution in [0, 0.1) is 5.92 Å². The molecular formula is C11H20N2O4. The van der Waals surface area contributed by atoms with Crippen LogP contribution in [0.5, 0.6) is 0 Å². The average molecular weight is 244 g/mol. The van der Waals surface area contributed by atoms with Crippen LogP contribution < -0.4 is 10.6 Å². The minimum Gasteiger partial charge on any atom is -0.480 e. The van der Waals surface area contributed by atoms with Gasteiger partial charge in [0.2, 0.25) is 0 Å². The summed E-state index contributed by atoms with van der Waals surface area (Å²) in [6, 6.07) is -1.22. The van der Waals surface area contributed by atoms with Gasteiger partial charge in [-0.05, 0) is 32.1 Å². The van der Waals surface area contributed by atoms with E-state index in [4.69, 9.17) is 9.84 Å². The van der Waals surface area contributed by atoms with Gasteiger partial charge in [0.15, 0.2) is 0 Å². The average Bonchev–Trinajstić information content (AvgIpc) is 3.06. The van der Waals surface area contributed by atoms with Crippen LogP contribution in [0.4, 0.5) is 4.79 Å². The molecular weight excluding hydrogens is 224 g/mol. The summed E-state index contributed by atoms with van der Waals surface area (Å²) < 4.78 is 4.90. The second-order valence-corrected chi connectivity index (χ2v) is 4.45. The van der Waals surface area contributed by atoms with Gasteiger partial charge in [-0.1, -0.05) is 0 Å². The Morgan fingerprint density at radius 3 is 2.53 bits per heavy atom. The number of urea groups is 1. The Morgan fingerprint density at radius 1 is 1.41 bits per heavy atom. The number of ether oxygens (including phenoxy) is 1. The molecule has 0 aromatic rings. The number of carbonyl (C=O) groups excluding carboxylic acids is 1. The summed E-state index contributed by atoms with van der Waals surface area (Å²) in [5.41, 5.74) is 0. The van der Waals surface area contributed by atoms with Crippen LogP contribution in [0.3, 0.4) is 0 Å². The van der Waals surface area contributed by atoms with Crippen molar-refractivity contribution in [3.05, 3.63) is 0 Å². The number of aliphatic carboxylic acids is 1. The van der Waals surface area contributed by atoms with Crippen molar-refractivity contribution < 1.29 is 19.4 Å². The van der Waals surface area contributed by atoms with E-state index < -0.39 is 18.0 Å². The topological polar surface area (TPSA) is 87.7 Å². The van der Waals surface area contributed by atoms with E-state index >= 15 is 0 Å². The predicted molar refractivity (Wildman–Crippen MR) is 61.8 cm³/mol. The van der Waals surface area contributed by atoms with Crippen molar-refractivity contribution in [3.63, 3.8) is 0 Å². The molecule has 0 radical (unpaired) electrons. The summed E-state index contributed by atoms with van der Waals surface area (Å²) in [5.74, 6) is -0.875. The van der Waals surface area contributed by atoms with Gasteiger partial charge in [0, 0.05) is 19.8 Å². The summed E-state index contributed by atoms with van der Waals surface area (Å²) in [6.45, 7) is 2.41. The van der Waals surface area contributed by atoms with Crippen molar-refractivity contribution in [2.75, 3.05) is 13.7 Å². The zero-order valence-electron chi connectivity index (χ0n) is 10.2. The lowest BCUT2D eigenvalue weighted by atomic mass is 10.2. The van der Waals surface area contributed by atoms with Crippen molar-refractivity contribution in [2.45, 2.75) is 38.3 Å². The normalized spacial score (nSPS) is 18.2. The van der Waals surface area contributed by atoms with E-state index in [1.807, 2.05) is 6.92 Å². The molecule has 0 heterocycles. The molecule has 1 saturated carbocycles. The van der Waals surface area contributed by atoms with Gasteiger partial charge in [0.05, 0.1) is 0 Å². The van der Waals surface area contributed by atoms with E-state index in [1.54, 1.807) is 7.11 Å². The van der Waals surface area contributed by atoms with Crippen molar-refractivity contribution in [1.29, 1.82) is 0 Å². The lowest BCUT2D eigenvalue weighted by Gasteiger charge is -2.17. The van der Waals surface area contributed by atoms with Crippen LogP contribution in [0.25, 0.3) is 0 Å². The molecule has 0 bridgehead atoms. The van der Waals surface area contributed by atoms with Gasteiger partial charge < -0.3 is 20.5 Å². The number of rotatable bonds is 7. The monoisotopic (exact) mass is 244 g/mol. The molecule has 6 heteroatoms. The Labute approximate surface area is 101 Å². The number of methoxy groups -OCH3 is 1. The summed E-state index contributed by atoms with van der Waals surface area (Å²) in [7, 11) is 1.60. The zero-order chi connectivity index (χ0) is 12.8. The maximum atomic E-state index is 11.5. The van der Waals surface area contributed by atoms with Crippen molar-refractivity contribution in [1.82, 2.24) is 10.6 Å². The molecule has 1 aliphatic carbocycles. The van der Waals surface area contributed by atoms with Gasteiger partial charge in [-0.15, -0.1) is 0 Å². The number of hydrogen-bond donors (Lipinski definition) is 3. The number of amides is 2. The van der Waals surface area contributed by atoms with E-state index in [0.29, 0.717) is 13.0 Å². The van der Waals surface area contributed by atoms with Gasteiger partial charge in [0.1, 0.15) is 6.04 Å². The highest BCUT2D eigenvalue weighted by Gasteiger charge is 2.37. The van der Waals surface area contributed by atoms with Gasteiger partial charge in [-0.3, -0.25) is 0 Å². The maximum Gasteiger partial charge on any atom is 0.326 e. The second-order valence-electron chi connectivity index (χ2n) is 4.45. The third kappa shape index (κ3) is 5.04. The van der Waals surface area contributed by atoms with Crippen molar-refractivity contribution in [2.24, 2.45) is 5.92 Å². The number of hydrogen-bond acceptors (Lipinski definition) is 3. The Morgan fingerprint density at radius 2 is 2.06 bits per heavy atom. The summed E-state index contributed by atoms with van der Waals surface area (Å²) in [4.78, 5) is 22.4. The highest BCUT2D eigenvalue weighted by atomic mass is 16.5. The molecule has 1 aliphatic rings. The minimum atomic E-state index is -0.966. The molecule has 0 aliphatic heterocycles. The molecule has 1 rings (SSSR count). The molecule has 17 heavy (non-hydrogen) atoms. The first-order chi connectivity index (χ1) is 8.04. The number of nitrogens with one attached hydrogen (secondary N) is 2. The smallest absolute Gasteiger partial charge is 0.326 e. The Balaban J connectivity index is 2.29. The Bertz CT molecular complexity index is 279. The molecule has 6 nitrogen and oxygen atoms in total. The summed E-state index contributed by atoms with van der Waals surface area (Å²) in [5, 5.41) is 14.1. The number of carboxylic acid groups (broad SMARTS) is 1. The molecule has 0 aromatic carbocycles. The highest BCUT2D eigenvalue weighted by molar-refractivity contribution is 5.83. The summed E-state index contributed by atoms with van der Waals surface area (Å²) in [6.07, 6.45) is 2.44. The quantitative estimate of drug-likeness (QED) is 0.611. The van der Waals surface area contributed by atoms with Gasteiger partial charge in [-0.2, -0.15) is 0 Å². The summed E-state index contributed by atoms with van der Waals surface area (Å²) >= 11 is 0. The van der Waals surface area contributed by atoms with Gasteiger partial charge in [-0.25, -0.2) is 9.59 Å². The van der Waals surface area contributed by atoms with Gasteiger partial charge in [0.25, 0.3) is 0 Å². The fourth-order valence-corrected chi connectivity index (χ4v) is 1.58. The minimum absolute atomic E-state index is 0.0383. The molecule has 2 amide bonds. The Kier molecular flexibility index (Phi) is 5.21. The van der Waals surface area contributed by atoms with Crippen LogP contribution in [-0.2, 0) is 9.53 Å². The van der Waals surface area contributed by atoms with E-state index in [-0.39, 0.29) is 12.0 Å². The number of carboxylic acids is 1. The third-order valence-corrected chi connectivity index (χ3v) is 2.78. The molecule has 2 unspecified atom stereocenters. The van der Waals surface area contributed by atoms with E-state index in [2.05, 4.69) is 10.6 Å². The molecule has 0 spiro atoms. The van der Waals surface area contributed by atoms with Crippen LogP contribution in [-0.4, -0.2) is 42.9 Å². The lowest BCUT2D eigenvalue weighted by Crippen LogP contribution is -2.49. The maximum absolute atomic E-state index is 11.5. The first-order valence-electron chi connectivity index (χ1n) is 5.83. The largest absolute Gasteiger partial charge is 0.480 e. The van der Waals surface area contributed by atoms with Crippen LogP contribution in [0.1, 0.15) is 26.2 Å². The van der Waals surface area contributed by atoms with Crippen molar-refractivity contribution >= 4 is 12.0 Å². The molecule has 2 atom stereocenters. The SMILES string of the molecule is COCCC(C)NC(=O)NC(C(=O)O)C1CC1.